The van der Waals surface area contributed by atoms with Crippen molar-refractivity contribution in [3.05, 3.63) is 12.0 Å². The molecule has 24 heavy (non-hydrogen) atoms. The summed E-state index contributed by atoms with van der Waals surface area (Å²) in [6.45, 7) is 5.33. The number of aromatic nitrogens is 2. The van der Waals surface area contributed by atoms with E-state index in [2.05, 4.69) is 15.3 Å². The van der Waals surface area contributed by atoms with Gasteiger partial charge in [0.15, 0.2) is 11.8 Å². The Labute approximate surface area is 141 Å². The first-order chi connectivity index (χ1) is 11.6. The van der Waals surface area contributed by atoms with Crippen molar-refractivity contribution in [1.29, 1.82) is 0 Å². The Kier molecular flexibility index (Phi) is 5.24. The number of hydrogen-bond acceptors (Lipinski definition) is 8. The average Bonchev–Trinajstić information content (AvgIpc) is 3.16. The average molecular weight is 357 g/mol. The molecule has 1 saturated heterocycles. The summed E-state index contributed by atoms with van der Waals surface area (Å²) >= 11 is 0. The smallest absolute Gasteiger partial charge is 0.359 e. The normalized spacial score (nSPS) is 23.7. The van der Waals surface area contributed by atoms with Gasteiger partial charge >= 0.3 is 7.60 Å². The lowest BCUT2D eigenvalue weighted by atomic mass is 10.2. The summed E-state index contributed by atoms with van der Waals surface area (Å²) in [5, 5.41) is 3.03. The number of fused-ring (bicyclic) bond motifs is 1. The van der Waals surface area contributed by atoms with E-state index in [1.165, 1.54) is 0 Å². The molecule has 2 atom stereocenters. The molecular weight excluding hydrogens is 333 g/mol. The maximum Gasteiger partial charge on any atom is 0.359 e. The zero-order valence-electron chi connectivity index (χ0n) is 14.0. The third-order valence-electron chi connectivity index (χ3n) is 4.02. The van der Waals surface area contributed by atoms with Gasteiger partial charge in [0.1, 0.15) is 11.5 Å². The Hall–Kier alpha value is -1.41. The van der Waals surface area contributed by atoms with Crippen LogP contribution in [0.25, 0.3) is 0 Å². The van der Waals surface area contributed by atoms with E-state index in [0.29, 0.717) is 38.7 Å². The highest BCUT2D eigenvalue weighted by Crippen LogP contribution is 2.57. The van der Waals surface area contributed by atoms with Crippen LogP contribution in [0.2, 0.25) is 0 Å². The monoisotopic (exact) mass is 357 g/mol. The van der Waals surface area contributed by atoms with Crippen LogP contribution in [-0.4, -0.2) is 40.7 Å². The lowest BCUT2D eigenvalue weighted by molar-refractivity contribution is 0.0518. The van der Waals surface area contributed by atoms with Gasteiger partial charge in [0.05, 0.1) is 38.7 Å². The molecule has 3 heterocycles. The highest BCUT2D eigenvalue weighted by molar-refractivity contribution is 7.54. The predicted molar refractivity (Wildman–Crippen MR) is 89.9 cm³/mol. The molecule has 1 fully saturated rings. The molecule has 10 heteroatoms. The summed E-state index contributed by atoms with van der Waals surface area (Å²) in [6, 6.07) is 0. The second-order valence-electron chi connectivity index (χ2n) is 5.68. The van der Waals surface area contributed by atoms with E-state index < -0.39 is 13.4 Å². The summed E-state index contributed by atoms with van der Waals surface area (Å²) in [7, 11) is -3.23. The number of nitrogens with two attached hydrogens (primary N) is 1. The Bertz CT molecular complexity index is 652. The molecule has 2 aliphatic heterocycles. The molecule has 0 aliphatic carbocycles. The van der Waals surface area contributed by atoms with Crippen LogP contribution in [-0.2, 0) is 31.4 Å². The van der Waals surface area contributed by atoms with Crippen LogP contribution in [0.1, 0.15) is 32.4 Å². The topological polar surface area (TPSA) is 113 Å². The number of aliphatic imine (C=N–C) groups is 1. The van der Waals surface area contributed by atoms with Gasteiger partial charge < -0.3 is 29.4 Å². The van der Waals surface area contributed by atoms with Gasteiger partial charge in [0.2, 0.25) is 0 Å². The fourth-order valence-electron chi connectivity index (χ4n) is 2.98. The summed E-state index contributed by atoms with van der Waals surface area (Å²) < 4.78 is 31.5. The third-order valence-corrected chi connectivity index (χ3v) is 6.34. The number of rotatable bonds is 7. The zero-order chi connectivity index (χ0) is 17.2. The molecule has 2 aliphatic rings. The molecule has 0 radical (unpaired) electrons. The molecule has 9 nitrogen and oxygen atoms in total. The van der Waals surface area contributed by atoms with Crippen LogP contribution in [0.4, 0.5) is 5.82 Å². The number of anilines is 1. The minimum absolute atomic E-state index is 0.0792. The lowest BCUT2D eigenvalue weighted by Crippen LogP contribution is -2.28. The molecule has 134 valence electrons. The van der Waals surface area contributed by atoms with Crippen molar-refractivity contribution in [3.8, 4) is 0 Å². The van der Waals surface area contributed by atoms with E-state index in [4.69, 9.17) is 19.5 Å². The standard InChI is InChI=1S/C14H24N5O4P/c1-3-21-24(20,22-4-2)12-6-5-10(23-12)8-19-9-17-11-7-16-14(15)18-13(11)19/h9-10,12H,3-8H2,1-2H3,(H3,15,16,18)/t10-,12-/m0/s1. The van der Waals surface area contributed by atoms with Crippen molar-refractivity contribution in [1.82, 2.24) is 9.55 Å². The number of guanidine groups is 1. The lowest BCUT2D eigenvalue weighted by Gasteiger charge is -2.23. The summed E-state index contributed by atoms with van der Waals surface area (Å²) in [4.78, 5) is 8.45. The number of ether oxygens (including phenoxy) is 1. The molecule has 1 aromatic heterocycles. The van der Waals surface area contributed by atoms with Crippen LogP contribution in [0, 0.1) is 0 Å². The van der Waals surface area contributed by atoms with E-state index in [0.717, 1.165) is 17.9 Å². The van der Waals surface area contributed by atoms with E-state index in [-0.39, 0.29) is 6.10 Å². The van der Waals surface area contributed by atoms with Gasteiger partial charge in [-0.3, -0.25) is 4.57 Å². The Morgan fingerprint density at radius 2 is 2.17 bits per heavy atom. The highest BCUT2D eigenvalue weighted by Gasteiger charge is 2.42. The Balaban J connectivity index is 1.65. The number of imidazole rings is 1. The molecule has 3 rings (SSSR count). The first kappa shape index (κ1) is 17.4. The molecule has 0 amide bonds. The van der Waals surface area contributed by atoms with Crippen LogP contribution in [0.3, 0.4) is 0 Å². The fraction of sp³-hybridized carbons (Fsp3) is 0.714. The third kappa shape index (κ3) is 3.49. The minimum Gasteiger partial charge on any atom is -0.370 e. The Morgan fingerprint density at radius 3 is 2.88 bits per heavy atom. The van der Waals surface area contributed by atoms with E-state index >= 15 is 0 Å². The molecule has 0 spiro atoms. The van der Waals surface area contributed by atoms with E-state index in [1.807, 2.05) is 4.57 Å². The van der Waals surface area contributed by atoms with Gasteiger partial charge in [0.25, 0.3) is 0 Å². The Morgan fingerprint density at radius 1 is 1.42 bits per heavy atom. The van der Waals surface area contributed by atoms with Gasteiger partial charge in [-0.2, -0.15) is 0 Å². The number of nitrogens with one attached hydrogen (secondary N) is 1. The van der Waals surface area contributed by atoms with Gasteiger partial charge in [0, 0.05) is 0 Å². The van der Waals surface area contributed by atoms with Gasteiger partial charge in [-0.15, -0.1) is 0 Å². The number of hydrogen-bond donors (Lipinski definition) is 2. The first-order valence-electron chi connectivity index (χ1n) is 8.21. The predicted octanol–water partition coefficient (Wildman–Crippen LogP) is 1.89. The van der Waals surface area contributed by atoms with Crippen LogP contribution >= 0.6 is 7.60 Å². The van der Waals surface area contributed by atoms with Crippen LogP contribution in [0.5, 0.6) is 0 Å². The molecule has 3 N–H and O–H groups in total. The van der Waals surface area contributed by atoms with Crippen molar-refractivity contribution in [3.63, 3.8) is 0 Å². The first-order valence-corrected chi connectivity index (χ1v) is 9.82. The minimum atomic E-state index is -3.23. The second kappa shape index (κ2) is 7.23. The fourth-order valence-corrected chi connectivity index (χ4v) is 4.89. The molecular formula is C14H24N5O4P. The molecule has 0 aromatic carbocycles. The van der Waals surface area contributed by atoms with Crippen molar-refractivity contribution in [2.75, 3.05) is 18.5 Å². The van der Waals surface area contributed by atoms with Gasteiger partial charge in [-0.05, 0) is 26.7 Å². The summed E-state index contributed by atoms with van der Waals surface area (Å²) in [5.74, 6) is 0.709. The van der Waals surface area contributed by atoms with Crippen molar-refractivity contribution >= 4 is 19.4 Å². The van der Waals surface area contributed by atoms with Gasteiger partial charge in [-0.25, -0.2) is 9.98 Å². The molecule has 1 aromatic rings. The molecule has 0 saturated carbocycles. The summed E-state index contributed by atoms with van der Waals surface area (Å²) in [6.07, 6.45) is 3.10. The van der Waals surface area contributed by atoms with Crippen molar-refractivity contribution in [2.24, 2.45) is 10.7 Å². The van der Waals surface area contributed by atoms with E-state index in [9.17, 15) is 4.57 Å². The zero-order valence-corrected chi connectivity index (χ0v) is 14.9. The van der Waals surface area contributed by atoms with Gasteiger partial charge in [-0.1, -0.05) is 0 Å². The maximum absolute atomic E-state index is 12.8. The van der Waals surface area contributed by atoms with Crippen LogP contribution < -0.4 is 11.1 Å². The second-order valence-corrected chi connectivity index (χ2v) is 7.86. The van der Waals surface area contributed by atoms with Crippen molar-refractivity contribution < 1.29 is 18.3 Å². The quantitative estimate of drug-likeness (QED) is 0.717. The van der Waals surface area contributed by atoms with E-state index in [1.54, 1.807) is 20.2 Å². The largest absolute Gasteiger partial charge is 0.370 e. The SMILES string of the molecule is CCOP(=O)(OCC)[C@H]1CC[C@@H](Cn2cnc3c2NC(N)=NC3)O1. The summed E-state index contributed by atoms with van der Waals surface area (Å²) in [5.41, 5.74) is 6.58. The van der Waals surface area contributed by atoms with Crippen LogP contribution in [0.15, 0.2) is 11.3 Å². The molecule has 0 unspecified atom stereocenters. The highest BCUT2D eigenvalue weighted by atomic mass is 31.2. The number of nitrogens with zero attached hydrogens (tertiary/aromatic N) is 3. The molecule has 0 bridgehead atoms. The maximum atomic E-state index is 12.8. The van der Waals surface area contributed by atoms with Crippen molar-refractivity contribution in [2.45, 2.75) is 51.7 Å².